The first kappa shape index (κ1) is 41.8. The van der Waals surface area contributed by atoms with Gasteiger partial charge < -0.3 is 19.7 Å². The van der Waals surface area contributed by atoms with Gasteiger partial charge in [0.25, 0.3) is 0 Å². The third kappa shape index (κ3) is 11.0. The average Bonchev–Trinajstić information content (AvgIpc) is 3.30. The fourth-order valence-corrected chi connectivity index (χ4v) is 6.29. The molecule has 0 spiro atoms. The Balaban J connectivity index is 0.000000138. The van der Waals surface area contributed by atoms with E-state index in [1.165, 1.54) is 0 Å². The zero-order chi connectivity index (χ0) is 41.9. The topological polar surface area (TPSA) is 110 Å². The van der Waals surface area contributed by atoms with Crippen LogP contribution in [0.5, 0.6) is 23.0 Å². The van der Waals surface area contributed by atoms with Crippen molar-refractivity contribution < 1.29 is 19.7 Å². The molecule has 0 atom stereocenters. The molecule has 9 aromatic rings. The van der Waals surface area contributed by atoms with Gasteiger partial charge in [-0.05, 0) is 60.4 Å². The minimum Gasteiger partial charge on any atom is -0.506 e. The van der Waals surface area contributed by atoms with E-state index >= 15 is 0 Å². The normalized spacial score (nSPS) is 10.3. The second-order valence-corrected chi connectivity index (χ2v) is 13.3. The first-order valence-corrected chi connectivity index (χ1v) is 19.4. The van der Waals surface area contributed by atoms with Crippen LogP contribution in [0.1, 0.15) is 16.7 Å². The summed E-state index contributed by atoms with van der Waals surface area (Å²) in [6.45, 7) is 12.1. The molecular weight excluding hydrogens is 745 g/mol. The molecule has 0 bridgehead atoms. The summed E-state index contributed by atoms with van der Waals surface area (Å²) in [7, 11) is 0. The lowest BCUT2D eigenvalue weighted by atomic mass is 10.1. The van der Waals surface area contributed by atoms with Crippen LogP contribution in [0.4, 0.5) is 0 Å². The second kappa shape index (κ2) is 21.6. The van der Waals surface area contributed by atoms with Gasteiger partial charge in [0, 0.05) is 51.9 Å². The molecule has 8 nitrogen and oxygen atoms in total. The lowest BCUT2D eigenvalue weighted by Gasteiger charge is -2.13. The number of pyridine rings is 4. The summed E-state index contributed by atoms with van der Waals surface area (Å²) in [5.74, 6) is 2.17. The quantitative estimate of drug-likeness (QED) is 0.132. The van der Waals surface area contributed by atoms with Crippen LogP contribution in [0, 0.1) is 0 Å². The summed E-state index contributed by atoms with van der Waals surface area (Å²) in [6.07, 6.45) is 13.7. The molecule has 0 aliphatic rings. The van der Waals surface area contributed by atoms with Gasteiger partial charge in [-0.1, -0.05) is 128 Å². The van der Waals surface area contributed by atoms with E-state index in [0.29, 0.717) is 30.7 Å². The average molecular weight is 791 g/mol. The van der Waals surface area contributed by atoms with Crippen LogP contribution in [0.3, 0.4) is 0 Å². The number of benzene rings is 5. The maximum atomic E-state index is 9.87. The van der Waals surface area contributed by atoms with Crippen molar-refractivity contribution in [2.45, 2.75) is 19.4 Å². The van der Waals surface area contributed by atoms with Gasteiger partial charge in [0.1, 0.15) is 58.3 Å². The molecule has 0 unspecified atom stereocenters. The van der Waals surface area contributed by atoms with Crippen LogP contribution < -0.4 is 9.47 Å². The fraction of sp³-hybridized carbons (Fsp3) is 0.0769. The molecule has 8 heteroatoms. The molecule has 0 amide bonds. The van der Waals surface area contributed by atoms with Gasteiger partial charge >= 0.3 is 0 Å². The van der Waals surface area contributed by atoms with Crippen molar-refractivity contribution in [3.63, 3.8) is 0 Å². The Morgan fingerprint density at radius 1 is 0.450 bits per heavy atom. The number of rotatable bonds is 10. The Morgan fingerprint density at radius 2 is 0.967 bits per heavy atom. The van der Waals surface area contributed by atoms with E-state index in [9.17, 15) is 10.2 Å². The minimum atomic E-state index is 0.239. The SMILES string of the molecule is C=CCOc1cccc2cccnc12.C=CCc1ccc2cccnc2c1O.C=CCc1ccc2cccnc2c1OCc1ccccc1.Oc1cccc2cccnc12. The Morgan fingerprint density at radius 3 is 1.60 bits per heavy atom. The maximum absolute atomic E-state index is 9.87. The Hall–Kier alpha value is -7.84. The predicted octanol–water partition coefficient (Wildman–Crippen LogP) is 12.0. The monoisotopic (exact) mass is 790 g/mol. The third-order valence-electron chi connectivity index (χ3n) is 9.16. The fourth-order valence-electron chi connectivity index (χ4n) is 6.29. The summed E-state index contributed by atoms with van der Waals surface area (Å²) < 4.78 is 11.6. The zero-order valence-corrected chi connectivity index (χ0v) is 33.3. The Kier molecular flexibility index (Phi) is 15.1. The molecule has 5 aromatic carbocycles. The lowest BCUT2D eigenvalue weighted by molar-refractivity contribution is 0.307. The molecule has 4 aromatic heterocycles. The van der Waals surface area contributed by atoms with E-state index in [0.717, 1.165) is 67.2 Å². The summed E-state index contributed by atoms with van der Waals surface area (Å²) in [4.78, 5) is 16.9. The molecule has 4 heterocycles. The van der Waals surface area contributed by atoms with Crippen molar-refractivity contribution in [1.29, 1.82) is 0 Å². The predicted molar refractivity (Wildman–Crippen MR) is 245 cm³/mol. The van der Waals surface area contributed by atoms with Gasteiger partial charge in [-0.25, -0.2) is 0 Å². The number of ether oxygens (including phenoxy) is 2. The van der Waals surface area contributed by atoms with Crippen LogP contribution in [-0.2, 0) is 19.4 Å². The number of phenolic OH excluding ortho intramolecular Hbond substituents is 2. The number of aromatic nitrogens is 4. The smallest absolute Gasteiger partial charge is 0.149 e. The molecule has 0 saturated heterocycles. The van der Waals surface area contributed by atoms with Crippen molar-refractivity contribution >= 4 is 43.6 Å². The van der Waals surface area contributed by atoms with Gasteiger partial charge in [0.15, 0.2) is 0 Å². The number of hydrogen-bond donors (Lipinski definition) is 2. The molecule has 0 aliphatic carbocycles. The van der Waals surface area contributed by atoms with Crippen molar-refractivity contribution in [3.8, 4) is 23.0 Å². The number of hydrogen-bond acceptors (Lipinski definition) is 8. The van der Waals surface area contributed by atoms with E-state index in [4.69, 9.17) is 9.47 Å². The molecule has 60 heavy (non-hydrogen) atoms. The van der Waals surface area contributed by atoms with Gasteiger partial charge in [-0.15, -0.1) is 13.2 Å². The van der Waals surface area contributed by atoms with Crippen molar-refractivity contribution in [3.05, 3.63) is 219 Å². The molecule has 0 fully saturated rings. The highest BCUT2D eigenvalue weighted by Crippen LogP contribution is 2.30. The van der Waals surface area contributed by atoms with E-state index in [-0.39, 0.29) is 11.5 Å². The first-order valence-electron chi connectivity index (χ1n) is 19.4. The molecule has 0 aliphatic heterocycles. The third-order valence-corrected chi connectivity index (χ3v) is 9.16. The highest BCUT2D eigenvalue weighted by atomic mass is 16.5. The van der Waals surface area contributed by atoms with Gasteiger partial charge in [0.05, 0.1) is 0 Å². The summed E-state index contributed by atoms with van der Waals surface area (Å²) in [5, 5.41) is 23.3. The van der Waals surface area contributed by atoms with E-state index < -0.39 is 0 Å². The lowest BCUT2D eigenvalue weighted by Crippen LogP contribution is -2.00. The van der Waals surface area contributed by atoms with Gasteiger partial charge in [0.2, 0.25) is 0 Å². The number of allylic oxidation sites excluding steroid dienone is 2. The van der Waals surface area contributed by atoms with E-state index in [2.05, 4.69) is 70.0 Å². The standard InChI is InChI=1S/C19H17NO.2C12H11NO.C9H7NO/c1-2-7-17-12-11-16-10-6-13-20-18(16)19(17)21-14-15-8-4-3-5-9-15;1-2-9-14-11-7-3-5-10-6-4-8-13-12(10)11;1-2-4-10-7-6-9-5-3-8-13-11(9)12(10)14;11-8-5-1-3-7-4-2-6-10-9(7)8/h2-6,8-13H,1,7,14H2;2-8H,1,9H2;2-3,5-8,14H,1,4H2;1-6,11H. The molecule has 0 radical (unpaired) electrons. The highest BCUT2D eigenvalue weighted by Gasteiger charge is 2.10. The number of para-hydroxylation sites is 2. The zero-order valence-electron chi connectivity index (χ0n) is 33.3. The van der Waals surface area contributed by atoms with Crippen LogP contribution in [0.2, 0.25) is 0 Å². The second-order valence-electron chi connectivity index (χ2n) is 13.3. The molecule has 0 saturated carbocycles. The Labute approximate surface area is 350 Å². The van der Waals surface area contributed by atoms with E-state index in [1.807, 2.05) is 103 Å². The molecule has 2 N–H and O–H groups in total. The highest BCUT2D eigenvalue weighted by molar-refractivity contribution is 5.87. The van der Waals surface area contributed by atoms with Crippen molar-refractivity contribution in [1.82, 2.24) is 19.9 Å². The Bertz CT molecular complexity index is 2820. The molecular formula is C52H46N4O4. The number of aromatic hydroxyl groups is 2. The molecule has 9 rings (SSSR count). The van der Waals surface area contributed by atoms with Crippen LogP contribution >= 0.6 is 0 Å². The minimum absolute atomic E-state index is 0.239. The van der Waals surface area contributed by atoms with E-state index in [1.54, 1.807) is 49.1 Å². The molecule has 298 valence electrons. The summed E-state index contributed by atoms with van der Waals surface area (Å²) in [6, 6.07) is 44.9. The van der Waals surface area contributed by atoms with Crippen molar-refractivity contribution in [2.75, 3.05) is 6.61 Å². The van der Waals surface area contributed by atoms with Crippen LogP contribution in [-0.4, -0.2) is 36.8 Å². The number of nitrogens with zero attached hydrogens (tertiary/aromatic N) is 4. The van der Waals surface area contributed by atoms with Gasteiger partial charge in [-0.2, -0.15) is 0 Å². The first-order chi connectivity index (χ1) is 29.5. The van der Waals surface area contributed by atoms with Gasteiger partial charge in [-0.3, -0.25) is 19.9 Å². The number of fused-ring (bicyclic) bond motifs is 4. The maximum Gasteiger partial charge on any atom is 0.149 e. The van der Waals surface area contributed by atoms with Crippen LogP contribution in [0.25, 0.3) is 43.6 Å². The van der Waals surface area contributed by atoms with Crippen molar-refractivity contribution in [2.24, 2.45) is 0 Å². The summed E-state index contributed by atoms with van der Waals surface area (Å²) >= 11 is 0. The number of phenols is 2. The van der Waals surface area contributed by atoms with Crippen LogP contribution in [0.15, 0.2) is 202 Å². The largest absolute Gasteiger partial charge is 0.506 e. The summed E-state index contributed by atoms with van der Waals surface area (Å²) in [5.41, 5.74) is 6.26.